The van der Waals surface area contributed by atoms with Crippen LogP contribution in [0.25, 0.3) is 0 Å². The van der Waals surface area contributed by atoms with Crippen LogP contribution in [0, 0.1) is 10.1 Å². The van der Waals surface area contributed by atoms with Gasteiger partial charge in [0.05, 0.1) is 0 Å². The molecule has 8 heteroatoms. The maximum absolute atomic E-state index is 11.9. The van der Waals surface area contributed by atoms with Crippen LogP contribution in [0.2, 0.25) is 0 Å². The number of nitrogens with one attached hydrogen (secondary N) is 1. The summed E-state index contributed by atoms with van der Waals surface area (Å²) in [5, 5.41) is 25.2. The number of unbranched alkanes of at least 4 members (excludes halogenated alkanes) is 1. The Hall–Kier alpha value is -2.77. The fourth-order valence-electron chi connectivity index (χ4n) is 1.67. The predicted molar refractivity (Wildman–Crippen MR) is 81.5 cm³/mol. The van der Waals surface area contributed by atoms with Gasteiger partial charge in [-0.3, -0.25) is 19.9 Å². The number of pyridine rings is 1. The molecule has 22 heavy (non-hydrogen) atoms. The standard InChI is InChI=1S/C14H18N4O4/c1-2-3-4-12(18(21)22)5-6-13(17-20)14(19)16-11-7-9-15-10-8-11/h5-10,12,20H,2-4H2,1H3,(H,15,16,19)/b6-5+,17-13-. The van der Waals surface area contributed by atoms with Crippen molar-refractivity contribution in [2.45, 2.75) is 32.2 Å². The van der Waals surface area contributed by atoms with Crippen LogP contribution in [0.15, 0.2) is 41.8 Å². The molecule has 1 heterocycles. The number of carbonyl (C=O) groups excluding carboxylic acids is 1. The maximum Gasteiger partial charge on any atom is 0.277 e. The van der Waals surface area contributed by atoms with Crippen LogP contribution in [0.4, 0.5) is 5.69 Å². The lowest BCUT2D eigenvalue weighted by Gasteiger charge is -2.05. The van der Waals surface area contributed by atoms with Crippen molar-refractivity contribution in [1.82, 2.24) is 4.98 Å². The van der Waals surface area contributed by atoms with Gasteiger partial charge in [-0.05, 0) is 30.7 Å². The Balaban J connectivity index is 2.72. The molecule has 0 aliphatic heterocycles. The van der Waals surface area contributed by atoms with E-state index in [0.717, 1.165) is 12.5 Å². The number of hydrogen-bond donors (Lipinski definition) is 2. The van der Waals surface area contributed by atoms with Gasteiger partial charge in [0.25, 0.3) is 5.91 Å². The van der Waals surface area contributed by atoms with Crippen molar-refractivity contribution in [1.29, 1.82) is 0 Å². The van der Waals surface area contributed by atoms with Gasteiger partial charge in [0.2, 0.25) is 6.04 Å². The Bertz CT molecular complexity index is 557. The van der Waals surface area contributed by atoms with E-state index >= 15 is 0 Å². The van der Waals surface area contributed by atoms with Crippen LogP contribution in [0.5, 0.6) is 0 Å². The molecule has 118 valence electrons. The van der Waals surface area contributed by atoms with E-state index in [2.05, 4.69) is 15.5 Å². The zero-order valence-corrected chi connectivity index (χ0v) is 12.2. The summed E-state index contributed by atoms with van der Waals surface area (Å²) < 4.78 is 0. The number of carbonyl (C=O) groups is 1. The van der Waals surface area contributed by atoms with E-state index in [1.807, 2.05) is 6.92 Å². The second kappa shape index (κ2) is 9.22. The number of nitro groups is 1. The third kappa shape index (κ3) is 5.70. The Morgan fingerprint density at radius 1 is 1.55 bits per heavy atom. The summed E-state index contributed by atoms with van der Waals surface area (Å²) >= 11 is 0. The molecule has 1 unspecified atom stereocenters. The molecule has 0 aliphatic carbocycles. The smallest absolute Gasteiger partial charge is 0.277 e. The first-order valence-electron chi connectivity index (χ1n) is 6.83. The second-order valence-electron chi connectivity index (χ2n) is 4.53. The van der Waals surface area contributed by atoms with E-state index in [-0.39, 0.29) is 5.71 Å². The van der Waals surface area contributed by atoms with Crippen LogP contribution >= 0.6 is 0 Å². The second-order valence-corrected chi connectivity index (χ2v) is 4.53. The van der Waals surface area contributed by atoms with Gasteiger partial charge in [-0.15, -0.1) is 0 Å². The number of amides is 1. The molecule has 1 atom stereocenters. The van der Waals surface area contributed by atoms with E-state index in [4.69, 9.17) is 5.21 Å². The normalized spacial score (nSPS) is 13.0. The Kier molecular flexibility index (Phi) is 7.24. The van der Waals surface area contributed by atoms with Crippen molar-refractivity contribution in [2.24, 2.45) is 5.16 Å². The molecule has 0 saturated carbocycles. The van der Waals surface area contributed by atoms with Crippen molar-refractivity contribution in [3.8, 4) is 0 Å². The minimum Gasteiger partial charge on any atom is -0.410 e. The van der Waals surface area contributed by atoms with Gasteiger partial charge in [0.15, 0.2) is 5.71 Å². The van der Waals surface area contributed by atoms with E-state index in [0.29, 0.717) is 18.5 Å². The number of oxime groups is 1. The third-order valence-corrected chi connectivity index (χ3v) is 2.88. The lowest BCUT2D eigenvalue weighted by molar-refractivity contribution is -0.510. The molecule has 0 bridgehead atoms. The summed E-state index contributed by atoms with van der Waals surface area (Å²) in [7, 11) is 0. The largest absolute Gasteiger partial charge is 0.410 e. The summed E-state index contributed by atoms with van der Waals surface area (Å²) in [5.41, 5.74) is 0.173. The van der Waals surface area contributed by atoms with E-state index in [1.54, 1.807) is 12.1 Å². The average molecular weight is 306 g/mol. The zero-order chi connectivity index (χ0) is 16.4. The van der Waals surface area contributed by atoms with Crippen molar-refractivity contribution >= 4 is 17.3 Å². The molecular weight excluding hydrogens is 288 g/mol. The van der Waals surface area contributed by atoms with Gasteiger partial charge < -0.3 is 10.5 Å². The van der Waals surface area contributed by atoms with Crippen molar-refractivity contribution < 1.29 is 14.9 Å². The first-order chi connectivity index (χ1) is 10.6. The summed E-state index contributed by atoms with van der Waals surface area (Å²) in [4.78, 5) is 26.2. The molecule has 0 aromatic carbocycles. The fraction of sp³-hybridized carbons (Fsp3) is 0.357. The highest BCUT2D eigenvalue weighted by Crippen LogP contribution is 2.07. The number of rotatable bonds is 8. The molecule has 1 amide bonds. The molecule has 1 aromatic heterocycles. The molecule has 1 aromatic rings. The molecule has 1 rings (SSSR count). The van der Waals surface area contributed by atoms with Gasteiger partial charge in [-0.25, -0.2) is 0 Å². The predicted octanol–water partition coefficient (Wildman–Crippen LogP) is 2.24. The molecule has 0 spiro atoms. The highest BCUT2D eigenvalue weighted by Gasteiger charge is 2.17. The van der Waals surface area contributed by atoms with Gasteiger partial charge in [0, 0.05) is 29.4 Å². The number of aromatic nitrogens is 1. The van der Waals surface area contributed by atoms with Crippen LogP contribution in [-0.4, -0.2) is 32.8 Å². The summed E-state index contributed by atoms with van der Waals surface area (Å²) in [6.07, 6.45) is 7.30. The minimum atomic E-state index is -0.912. The molecule has 0 saturated heterocycles. The highest BCUT2D eigenvalue weighted by molar-refractivity contribution is 6.46. The monoisotopic (exact) mass is 306 g/mol. The maximum atomic E-state index is 11.9. The Labute approximate surface area is 127 Å². The number of anilines is 1. The minimum absolute atomic E-state index is 0.305. The van der Waals surface area contributed by atoms with Gasteiger partial charge >= 0.3 is 0 Å². The van der Waals surface area contributed by atoms with Crippen LogP contribution in [0.3, 0.4) is 0 Å². The summed E-state index contributed by atoms with van der Waals surface area (Å²) in [6.45, 7) is 1.93. The van der Waals surface area contributed by atoms with Crippen molar-refractivity contribution in [3.63, 3.8) is 0 Å². The third-order valence-electron chi connectivity index (χ3n) is 2.88. The molecule has 0 radical (unpaired) electrons. The topological polar surface area (TPSA) is 118 Å². The van der Waals surface area contributed by atoms with Crippen molar-refractivity contribution in [2.75, 3.05) is 5.32 Å². The van der Waals surface area contributed by atoms with Gasteiger partial charge in [-0.2, -0.15) is 0 Å². The van der Waals surface area contributed by atoms with E-state index in [1.165, 1.54) is 18.5 Å². The lowest BCUT2D eigenvalue weighted by Crippen LogP contribution is -2.23. The van der Waals surface area contributed by atoms with Crippen LogP contribution < -0.4 is 5.32 Å². The number of nitrogens with zero attached hydrogens (tertiary/aromatic N) is 3. The van der Waals surface area contributed by atoms with E-state index < -0.39 is 16.9 Å². The molecule has 2 N–H and O–H groups in total. The average Bonchev–Trinajstić information content (AvgIpc) is 2.51. The van der Waals surface area contributed by atoms with Crippen LogP contribution in [0.1, 0.15) is 26.2 Å². The Morgan fingerprint density at radius 2 is 2.23 bits per heavy atom. The lowest BCUT2D eigenvalue weighted by atomic mass is 10.1. The SMILES string of the molecule is CCCCC(/C=C/C(=N/O)C(=O)Nc1ccncc1)[N+](=O)[O-]. The fourth-order valence-corrected chi connectivity index (χ4v) is 1.67. The Morgan fingerprint density at radius 3 is 2.77 bits per heavy atom. The first kappa shape index (κ1) is 17.3. The summed E-state index contributed by atoms with van der Waals surface area (Å²) in [5.74, 6) is -0.664. The van der Waals surface area contributed by atoms with E-state index in [9.17, 15) is 14.9 Å². The van der Waals surface area contributed by atoms with Crippen molar-refractivity contribution in [3.05, 3.63) is 46.8 Å². The summed E-state index contributed by atoms with van der Waals surface area (Å²) in [6, 6.07) is 2.22. The molecule has 0 fully saturated rings. The molecule has 0 aliphatic rings. The first-order valence-corrected chi connectivity index (χ1v) is 6.83. The van der Waals surface area contributed by atoms with Gasteiger partial charge in [-0.1, -0.05) is 18.5 Å². The van der Waals surface area contributed by atoms with Gasteiger partial charge in [0.1, 0.15) is 0 Å². The molecular formula is C14H18N4O4. The highest BCUT2D eigenvalue weighted by atomic mass is 16.6. The van der Waals surface area contributed by atoms with Crippen LogP contribution in [-0.2, 0) is 4.79 Å². The zero-order valence-electron chi connectivity index (χ0n) is 12.2. The quantitative estimate of drug-likeness (QED) is 0.330. The number of hydrogen-bond acceptors (Lipinski definition) is 6. The molecule has 8 nitrogen and oxygen atoms in total.